The Hall–Kier alpha value is -6.03. The molecule has 0 unspecified atom stereocenters. The number of allylic oxidation sites excluding steroid dienone is 1. The summed E-state index contributed by atoms with van der Waals surface area (Å²) < 4.78 is 22.0. The Balaban J connectivity index is 1.30. The van der Waals surface area contributed by atoms with Gasteiger partial charge in [-0.1, -0.05) is 86.0 Å². The van der Waals surface area contributed by atoms with Crippen LogP contribution >= 0.6 is 11.8 Å². The molecule has 4 heterocycles. The summed E-state index contributed by atoms with van der Waals surface area (Å²) in [5.41, 5.74) is 1.35. The van der Waals surface area contributed by atoms with E-state index in [4.69, 9.17) is 18.9 Å². The molecule has 0 spiro atoms. The van der Waals surface area contributed by atoms with Gasteiger partial charge < -0.3 is 29.2 Å². The zero-order valence-corrected chi connectivity index (χ0v) is 32.8. The van der Waals surface area contributed by atoms with Crippen molar-refractivity contribution in [3.05, 3.63) is 120 Å². The van der Waals surface area contributed by atoms with Crippen molar-refractivity contribution in [3.8, 4) is 0 Å². The fourth-order valence-electron chi connectivity index (χ4n) is 6.86. The number of nitrogens with one attached hydrogen (secondary N) is 1. The van der Waals surface area contributed by atoms with Gasteiger partial charge in [-0.3, -0.25) is 14.5 Å². The molecule has 0 saturated carbocycles. The molecule has 6 rings (SSSR count). The number of alkyl carbamates (subject to hydrolysis) is 1. The van der Waals surface area contributed by atoms with Crippen LogP contribution in [0.2, 0.25) is 0 Å². The molecule has 0 aromatic heterocycles. The highest BCUT2D eigenvalue weighted by Crippen LogP contribution is 2.43. The molecule has 4 aliphatic heterocycles. The van der Waals surface area contributed by atoms with Crippen molar-refractivity contribution in [3.63, 3.8) is 0 Å². The molecule has 0 bridgehead atoms. The van der Waals surface area contributed by atoms with Gasteiger partial charge in [0.25, 0.3) is 5.91 Å². The smallest absolute Gasteiger partial charge is 0.429 e. The molecular weight excluding hydrogens is 755 g/mol. The normalized spacial score (nSPS) is 20.3. The minimum atomic E-state index is -0.964. The minimum absolute atomic E-state index is 0.0326. The van der Waals surface area contributed by atoms with E-state index in [1.54, 1.807) is 31.7 Å². The molecule has 3 fully saturated rings. The van der Waals surface area contributed by atoms with Gasteiger partial charge in [0.15, 0.2) is 6.10 Å². The molecule has 2 atom stereocenters. The maximum atomic E-state index is 14.5. The number of β-lactam (4-membered cyclic amide) rings is 1. The second-order valence-electron chi connectivity index (χ2n) is 14.5. The maximum Gasteiger partial charge on any atom is 0.429 e. The van der Waals surface area contributed by atoms with Gasteiger partial charge in [0.1, 0.15) is 35.9 Å². The van der Waals surface area contributed by atoms with E-state index in [2.05, 4.69) is 18.5 Å². The van der Waals surface area contributed by atoms with Crippen LogP contribution in [0.25, 0.3) is 0 Å². The van der Waals surface area contributed by atoms with Gasteiger partial charge in [-0.2, -0.15) is 0 Å². The van der Waals surface area contributed by atoms with Crippen molar-refractivity contribution in [2.45, 2.75) is 56.4 Å². The summed E-state index contributed by atoms with van der Waals surface area (Å²) in [4.78, 5) is 83.8. The zero-order valence-electron chi connectivity index (χ0n) is 32.0. The Morgan fingerprint density at radius 3 is 1.98 bits per heavy atom. The first-order valence-electron chi connectivity index (χ1n) is 18.4. The lowest BCUT2D eigenvalue weighted by molar-refractivity contribution is -0.153. The zero-order chi connectivity index (χ0) is 40.9. The van der Waals surface area contributed by atoms with Crippen LogP contribution in [0, 0.1) is 0 Å². The number of hydrazine groups is 1. The molecule has 4 aliphatic rings. The van der Waals surface area contributed by atoms with Crippen LogP contribution in [0.3, 0.4) is 0 Å². The number of benzene rings is 2. The van der Waals surface area contributed by atoms with E-state index in [1.165, 1.54) is 28.8 Å². The number of ether oxygens (including phenoxy) is 4. The first kappa shape index (κ1) is 40.6. The van der Waals surface area contributed by atoms with Crippen LogP contribution in [0.1, 0.15) is 44.4 Å². The maximum absolute atomic E-state index is 14.5. The van der Waals surface area contributed by atoms with Crippen molar-refractivity contribution in [1.82, 2.24) is 25.1 Å². The van der Waals surface area contributed by atoms with Gasteiger partial charge in [0.05, 0.1) is 19.1 Å². The largest absolute Gasteiger partial charge is 0.448 e. The summed E-state index contributed by atoms with van der Waals surface area (Å²) in [6, 6.07) is 16.8. The number of carbonyl (C=O) groups is 6. The number of hydrogen-bond acceptors (Lipinski definition) is 11. The van der Waals surface area contributed by atoms with Crippen LogP contribution in [0.15, 0.2) is 109 Å². The first-order chi connectivity index (χ1) is 27.3. The molecule has 3 saturated heterocycles. The first-order valence-corrected chi connectivity index (χ1v) is 19.5. The third-order valence-electron chi connectivity index (χ3n) is 9.37. The second-order valence-corrected chi connectivity index (χ2v) is 15.6. The fraction of sp³-hybridized carbons (Fsp3) is 0.366. The highest BCUT2D eigenvalue weighted by Gasteiger charge is 2.55. The number of nitrogens with zero attached hydrogens (tertiary/aromatic N) is 4. The average molecular weight is 800 g/mol. The SMILES string of the molecule is C=CCOC(=O)N1CC(N2CC/C(=C\C3=C(C(=O)OC(c4ccccc4)c4ccccc4)N4C(=O)[C@@H](NC(=O)OC(C)(C)C)[C@H]4SC3)C2=O)CN1C(=O)OCC=C. The predicted octanol–water partition coefficient (Wildman–Crippen LogP) is 5.09. The van der Waals surface area contributed by atoms with Gasteiger partial charge in [-0.25, -0.2) is 29.2 Å². The highest BCUT2D eigenvalue weighted by molar-refractivity contribution is 8.00. The summed E-state index contributed by atoms with van der Waals surface area (Å²) in [7, 11) is 0. The number of likely N-dealkylation sites (tertiary alicyclic amines) is 1. The molecule has 1 N–H and O–H groups in total. The van der Waals surface area contributed by atoms with Crippen molar-refractivity contribution in [2.24, 2.45) is 0 Å². The Labute approximate surface area is 334 Å². The minimum Gasteiger partial charge on any atom is -0.448 e. The van der Waals surface area contributed by atoms with E-state index in [0.29, 0.717) is 22.3 Å². The summed E-state index contributed by atoms with van der Waals surface area (Å²) in [5.74, 6) is -1.47. The molecule has 15 nitrogen and oxygen atoms in total. The lowest BCUT2D eigenvalue weighted by Crippen LogP contribution is -2.70. The number of esters is 1. The molecule has 2 aromatic rings. The summed E-state index contributed by atoms with van der Waals surface area (Å²) in [6.07, 6.45) is 1.49. The Morgan fingerprint density at radius 2 is 1.46 bits per heavy atom. The Bertz CT molecular complexity index is 1910. The molecule has 57 heavy (non-hydrogen) atoms. The summed E-state index contributed by atoms with van der Waals surface area (Å²) in [6.45, 7) is 12.3. The monoisotopic (exact) mass is 799 g/mol. The van der Waals surface area contributed by atoms with Gasteiger partial charge in [-0.15, -0.1) is 11.8 Å². The van der Waals surface area contributed by atoms with E-state index in [9.17, 15) is 28.8 Å². The summed E-state index contributed by atoms with van der Waals surface area (Å²) >= 11 is 1.33. The Morgan fingerprint density at radius 1 is 0.895 bits per heavy atom. The number of fused-ring (bicyclic) bond motifs is 1. The van der Waals surface area contributed by atoms with Crippen LogP contribution in [-0.2, 0) is 33.3 Å². The third-order valence-corrected chi connectivity index (χ3v) is 10.7. The lowest BCUT2D eigenvalue weighted by atomic mass is 10.00. The van der Waals surface area contributed by atoms with E-state index in [1.807, 2.05) is 60.7 Å². The van der Waals surface area contributed by atoms with E-state index < -0.39 is 59.3 Å². The van der Waals surface area contributed by atoms with Crippen molar-refractivity contribution >= 4 is 47.8 Å². The number of thioether (sulfide) groups is 1. The Kier molecular flexibility index (Phi) is 12.4. The number of hydrogen-bond donors (Lipinski definition) is 1. The van der Waals surface area contributed by atoms with Crippen LogP contribution in [-0.4, -0.2) is 118 Å². The van der Waals surface area contributed by atoms with E-state index >= 15 is 0 Å². The fourth-order valence-corrected chi connectivity index (χ4v) is 8.16. The van der Waals surface area contributed by atoms with Gasteiger partial charge in [0, 0.05) is 17.9 Å². The number of rotatable bonds is 11. The second kappa shape index (κ2) is 17.4. The van der Waals surface area contributed by atoms with Crippen LogP contribution in [0.4, 0.5) is 14.4 Å². The topological polar surface area (TPSA) is 164 Å². The average Bonchev–Trinajstić information content (AvgIpc) is 3.80. The quantitative estimate of drug-likeness (QED) is 0.106. The van der Waals surface area contributed by atoms with Crippen LogP contribution in [0.5, 0.6) is 0 Å². The number of carbonyl (C=O) groups excluding carboxylic acids is 6. The standard InChI is InChI=1S/C41H45N5O10S/c1-6-20-53-39(51)44-23-30(24-45(44)40(52)54-21-7-2)43-19-18-28(34(43)47)22-29-25-57-36-31(42-38(50)56-41(3,4)5)35(48)46(36)32(29)37(49)55-33(26-14-10-8-11-15-26)27-16-12-9-13-17-27/h6-17,22,30-31,33,36H,1-2,18-21,23-25H2,3-5H3,(H,42,50)/b28-22+/t31-,36-/m1/s1. The van der Waals surface area contributed by atoms with E-state index in [0.717, 1.165) is 10.0 Å². The molecule has 0 radical (unpaired) electrons. The van der Waals surface area contributed by atoms with Crippen molar-refractivity contribution in [2.75, 3.05) is 38.6 Å². The molecule has 2 aromatic carbocycles. The molecule has 16 heteroatoms. The predicted molar refractivity (Wildman–Crippen MR) is 209 cm³/mol. The molecular formula is C41H45N5O10S. The third kappa shape index (κ3) is 9.01. The van der Waals surface area contributed by atoms with Crippen molar-refractivity contribution < 1.29 is 47.7 Å². The van der Waals surface area contributed by atoms with E-state index in [-0.39, 0.29) is 56.6 Å². The molecule has 5 amide bonds. The summed E-state index contributed by atoms with van der Waals surface area (Å²) in [5, 5.41) is 4.19. The molecule has 0 aliphatic carbocycles. The van der Waals surface area contributed by atoms with Gasteiger partial charge in [0.2, 0.25) is 5.91 Å². The molecule has 300 valence electrons. The van der Waals surface area contributed by atoms with Crippen molar-refractivity contribution in [1.29, 1.82) is 0 Å². The number of amides is 5. The van der Waals surface area contributed by atoms with Gasteiger partial charge in [-0.05, 0) is 50.0 Å². The van der Waals surface area contributed by atoms with Crippen LogP contribution < -0.4 is 5.32 Å². The van der Waals surface area contributed by atoms with Gasteiger partial charge >= 0.3 is 24.2 Å². The highest BCUT2D eigenvalue weighted by atomic mass is 32.2. The lowest BCUT2D eigenvalue weighted by Gasteiger charge is -2.49.